The van der Waals surface area contributed by atoms with Crippen LogP contribution in [0.15, 0.2) is 122 Å². The summed E-state index contributed by atoms with van der Waals surface area (Å²) >= 11 is 0. The van der Waals surface area contributed by atoms with E-state index in [0.717, 1.165) is 49.9 Å². The first kappa shape index (κ1) is 73.1. The van der Waals surface area contributed by atoms with Crippen LogP contribution in [0.3, 0.4) is 0 Å². The SMILES string of the molecule is CC(C)(C)OC(=O)OC(=O)OC(C)(C)C.CC(C)[Si](Oc1ccc(C(CN)C(=O)Nc2ccc3cnccc3c2)cc1)(C(C)C)C(C)C.CC(C)[Si](Oc1ccc(C(CNC(=O)OC(C)(C)C)C(=O)Nc2ccc3cnccc3c2)cc1)(C(C)C)C(C)C. The highest BCUT2D eigenvalue weighted by molar-refractivity contribution is 6.78. The standard InChI is InChI=1S/C32H45N3O4Si.C27H37N3O2Si.C10H18O5/c1-21(2)40(22(3)4,23(5)6)39-28-14-11-24(12-15-28)29(20-34-31(37)38-32(7,8)9)30(36)35-27-13-10-26-19-33-17-16-25(26)18-27;1-18(2)33(19(3)4,20(5)6)32-25-11-8-21(9-12-25)26(16-28)27(31)30-24-10-7-23-17-29-14-13-22(23)15-24;1-9(2,3)14-7(11)13-8(12)15-10(4,5)6/h10-19,21-23,29H,20H2,1-9H3,(H,34,37)(H,35,36);7-15,17-20,26H,16,28H2,1-6H3,(H,30,31);1-6H3. The summed E-state index contributed by atoms with van der Waals surface area (Å²) in [7, 11) is -4.14. The average molecular weight is 1250 g/mol. The van der Waals surface area contributed by atoms with Crippen molar-refractivity contribution >= 4 is 79.8 Å². The lowest BCUT2D eigenvalue weighted by Crippen LogP contribution is -2.50. The summed E-state index contributed by atoms with van der Waals surface area (Å²) in [6.07, 6.45) is 4.38. The van der Waals surface area contributed by atoms with Crippen LogP contribution >= 0.6 is 0 Å². The van der Waals surface area contributed by atoms with E-state index in [1.165, 1.54) is 0 Å². The molecule has 0 saturated carbocycles. The van der Waals surface area contributed by atoms with Gasteiger partial charge in [0.2, 0.25) is 11.8 Å². The van der Waals surface area contributed by atoms with E-state index in [1.807, 2.05) is 103 Å². The number of pyridine rings is 2. The second-order valence-electron chi connectivity index (χ2n) is 27.1. The predicted octanol–water partition coefficient (Wildman–Crippen LogP) is 17.4. The minimum absolute atomic E-state index is 0.0844. The molecule has 6 aromatic rings. The van der Waals surface area contributed by atoms with Gasteiger partial charge in [-0.15, -0.1) is 0 Å². The third kappa shape index (κ3) is 21.5. The zero-order chi connectivity index (χ0) is 66.1. The van der Waals surface area contributed by atoms with E-state index in [4.69, 9.17) is 28.8 Å². The number of benzene rings is 4. The number of aromatic nitrogens is 2. The molecular weight excluding hydrogens is 1140 g/mol. The minimum atomic E-state index is -2.12. The van der Waals surface area contributed by atoms with Crippen molar-refractivity contribution in [2.75, 3.05) is 23.7 Å². The Balaban J connectivity index is 0.000000310. The quantitative estimate of drug-likeness (QED) is 0.0256. The maximum atomic E-state index is 13.6. The van der Waals surface area contributed by atoms with Gasteiger partial charge in [0.15, 0.2) is 0 Å². The van der Waals surface area contributed by atoms with Crippen LogP contribution in [0.2, 0.25) is 33.2 Å². The van der Waals surface area contributed by atoms with Gasteiger partial charge < -0.3 is 49.5 Å². The van der Waals surface area contributed by atoms with E-state index in [0.29, 0.717) is 38.9 Å². The molecule has 5 N–H and O–H groups in total. The third-order valence-corrected chi connectivity index (χ3v) is 27.1. The van der Waals surface area contributed by atoms with Crippen molar-refractivity contribution in [3.63, 3.8) is 0 Å². The van der Waals surface area contributed by atoms with Gasteiger partial charge in [-0.2, -0.15) is 0 Å². The predicted molar refractivity (Wildman–Crippen MR) is 359 cm³/mol. The number of hydrogen-bond donors (Lipinski definition) is 4. The Morgan fingerprint density at radius 1 is 0.455 bits per heavy atom. The van der Waals surface area contributed by atoms with Crippen LogP contribution in [-0.2, 0) is 28.5 Å². The number of alkyl carbamates (subject to hydrolysis) is 1. The lowest BCUT2D eigenvalue weighted by Gasteiger charge is -2.42. The molecule has 0 aliphatic rings. The van der Waals surface area contributed by atoms with Crippen LogP contribution in [0.25, 0.3) is 21.5 Å². The van der Waals surface area contributed by atoms with E-state index < -0.39 is 63.7 Å². The topological polar surface area (TPSA) is 229 Å². The molecule has 2 heterocycles. The van der Waals surface area contributed by atoms with Crippen molar-refractivity contribution in [3.05, 3.63) is 133 Å². The molecule has 6 rings (SSSR count). The molecular formula is C69H100N6O11Si2. The Bertz CT molecular complexity index is 3170. The Labute approximate surface area is 525 Å². The molecule has 88 heavy (non-hydrogen) atoms. The van der Waals surface area contributed by atoms with Gasteiger partial charge in [-0.3, -0.25) is 19.6 Å². The summed E-state index contributed by atoms with van der Waals surface area (Å²) in [5.74, 6) is 0.268. The number of hydrogen-bond acceptors (Lipinski definition) is 14. The fourth-order valence-electron chi connectivity index (χ4n) is 11.3. The molecule has 0 saturated heterocycles. The van der Waals surface area contributed by atoms with Crippen LogP contribution in [0, 0.1) is 0 Å². The highest BCUT2D eigenvalue weighted by atomic mass is 28.4. The van der Waals surface area contributed by atoms with E-state index in [1.54, 1.807) is 80.9 Å². The number of anilines is 2. The van der Waals surface area contributed by atoms with Gasteiger partial charge in [0.1, 0.15) is 28.3 Å². The van der Waals surface area contributed by atoms with Crippen molar-refractivity contribution in [1.29, 1.82) is 0 Å². The van der Waals surface area contributed by atoms with Gasteiger partial charge in [0.05, 0.1) is 11.8 Å². The zero-order valence-electron chi connectivity index (χ0n) is 56.0. The number of nitrogens with zero attached hydrogens (tertiary/aromatic N) is 2. The molecule has 17 nitrogen and oxygen atoms in total. The number of amides is 3. The number of carbonyl (C=O) groups is 5. The van der Waals surface area contributed by atoms with E-state index in [9.17, 15) is 24.0 Å². The largest absolute Gasteiger partial charge is 0.543 e. The summed E-state index contributed by atoms with van der Waals surface area (Å²) in [6, 6.07) is 31.0. The van der Waals surface area contributed by atoms with Gasteiger partial charge in [-0.25, -0.2) is 14.4 Å². The fourth-order valence-corrected chi connectivity index (χ4v) is 21.8. The Morgan fingerprint density at radius 3 is 1.12 bits per heavy atom. The molecule has 2 unspecified atom stereocenters. The molecule has 19 heteroatoms. The van der Waals surface area contributed by atoms with Gasteiger partial charge in [-0.1, -0.05) is 119 Å². The van der Waals surface area contributed by atoms with E-state index in [-0.39, 0.29) is 24.9 Å². The molecule has 3 amide bonds. The van der Waals surface area contributed by atoms with Crippen molar-refractivity contribution in [2.45, 2.75) is 207 Å². The molecule has 0 spiro atoms. The molecule has 0 radical (unpaired) electrons. The molecule has 0 aliphatic carbocycles. The first-order valence-corrected chi connectivity index (χ1v) is 34.9. The monoisotopic (exact) mass is 1240 g/mol. The Kier molecular flexibility index (Phi) is 26.3. The normalized spacial score (nSPS) is 12.8. The highest BCUT2D eigenvalue weighted by Crippen LogP contribution is 2.44. The van der Waals surface area contributed by atoms with Crippen LogP contribution in [-0.4, -0.2) is 86.7 Å². The van der Waals surface area contributed by atoms with Gasteiger partial charge in [0, 0.05) is 60.0 Å². The second-order valence-corrected chi connectivity index (χ2v) is 37.8. The van der Waals surface area contributed by atoms with E-state index >= 15 is 0 Å². The molecule has 2 atom stereocenters. The molecule has 0 bridgehead atoms. The molecule has 0 fully saturated rings. The van der Waals surface area contributed by atoms with Crippen molar-refractivity contribution < 1.29 is 51.8 Å². The first-order chi connectivity index (χ1) is 40.9. The maximum absolute atomic E-state index is 13.6. The Morgan fingerprint density at radius 2 is 0.795 bits per heavy atom. The number of ether oxygens (including phenoxy) is 4. The number of carbonyl (C=O) groups excluding carboxylic acids is 5. The first-order valence-electron chi connectivity index (χ1n) is 30.6. The summed E-state index contributed by atoms with van der Waals surface area (Å²) in [4.78, 5) is 69.4. The fraction of sp³-hybridized carbons (Fsp3) is 0.493. The van der Waals surface area contributed by atoms with Crippen LogP contribution in [0.4, 0.5) is 25.8 Å². The lowest BCUT2D eigenvalue weighted by molar-refractivity contribution is -0.118. The van der Waals surface area contributed by atoms with Gasteiger partial charge in [-0.05, 0) is 178 Å². The lowest BCUT2D eigenvalue weighted by atomic mass is 9.97. The molecule has 0 aliphatic heterocycles. The van der Waals surface area contributed by atoms with Crippen LogP contribution < -0.4 is 30.5 Å². The summed E-state index contributed by atoms with van der Waals surface area (Å²) in [5, 5.41) is 12.8. The highest BCUT2D eigenvalue weighted by Gasteiger charge is 2.48. The van der Waals surface area contributed by atoms with E-state index in [2.05, 4.69) is 114 Å². The summed E-state index contributed by atoms with van der Waals surface area (Å²) in [5.41, 5.74) is 9.90. The van der Waals surface area contributed by atoms with Crippen LogP contribution in [0.1, 0.15) is 168 Å². The number of nitrogens with one attached hydrogen (secondary N) is 3. The van der Waals surface area contributed by atoms with Gasteiger partial charge in [0.25, 0.3) is 16.6 Å². The molecule has 2 aromatic heterocycles. The maximum Gasteiger partial charge on any atom is 0.519 e. The number of fused-ring (bicyclic) bond motifs is 2. The third-order valence-electron chi connectivity index (χ3n) is 15.0. The van der Waals surface area contributed by atoms with Crippen molar-refractivity contribution in [1.82, 2.24) is 15.3 Å². The van der Waals surface area contributed by atoms with Crippen molar-refractivity contribution in [3.8, 4) is 11.5 Å². The minimum Gasteiger partial charge on any atom is -0.543 e. The van der Waals surface area contributed by atoms with Crippen LogP contribution in [0.5, 0.6) is 11.5 Å². The number of rotatable bonds is 19. The summed E-state index contributed by atoms with van der Waals surface area (Å²) in [6.45, 7) is 42.9. The van der Waals surface area contributed by atoms with Crippen molar-refractivity contribution in [2.24, 2.45) is 5.73 Å². The smallest absolute Gasteiger partial charge is 0.519 e. The summed E-state index contributed by atoms with van der Waals surface area (Å²) < 4.78 is 32.8. The second kappa shape index (κ2) is 31.7. The number of nitrogens with two attached hydrogens (primary N) is 1. The van der Waals surface area contributed by atoms with Gasteiger partial charge >= 0.3 is 18.4 Å². The zero-order valence-corrected chi connectivity index (χ0v) is 58.0. The molecule has 480 valence electrons. The molecule has 4 aromatic carbocycles. The average Bonchev–Trinajstić information content (AvgIpc) is 3.61. The Hall–Kier alpha value is -7.36.